The number of nitrogens with zero attached hydrogens (tertiary/aromatic N) is 1. The van der Waals surface area contributed by atoms with E-state index in [1.807, 2.05) is 30.3 Å². The van der Waals surface area contributed by atoms with Crippen molar-refractivity contribution in [2.24, 2.45) is 0 Å². The molecule has 0 aromatic heterocycles. The largest absolute Gasteiger partial charge is 0.504 e. The highest BCUT2D eigenvalue weighted by atomic mass is 16.5. The molecule has 0 radical (unpaired) electrons. The molecule has 1 atom stereocenters. The van der Waals surface area contributed by atoms with Crippen LogP contribution >= 0.6 is 0 Å². The number of rotatable bonds is 10. The standard InChI is InChI=1S/C25H27NO6/c1-3-32-21-16-18(11-13-19(21)27)23-22(20(28)12-10-17-8-5-4-6-9-17)24(29)25(30)26(23)14-7-15-31-2/h4-6,8-13,16,23,27,29H,3,7,14-15H2,1-2H3. The van der Waals surface area contributed by atoms with Crippen molar-refractivity contribution in [2.75, 3.05) is 26.9 Å². The van der Waals surface area contributed by atoms with E-state index < -0.39 is 23.5 Å². The molecule has 1 aliphatic heterocycles. The molecular weight excluding hydrogens is 410 g/mol. The Morgan fingerprint density at radius 1 is 1.16 bits per heavy atom. The van der Waals surface area contributed by atoms with Gasteiger partial charge in [-0.05, 0) is 42.7 Å². The van der Waals surface area contributed by atoms with Gasteiger partial charge in [-0.1, -0.05) is 42.5 Å². The van der Waals surface area contributed by atoms with E-state index >= 15 is 0 Å². The fraction of sp³-hybridized carbons (Fsp3) is 0.280. The van der Waals surface area contributed by atoms with Crippen LogP contribution in [0.4, 0.5) is 0 Å². The minimum atomic E-state index is -0.813. The fourth-order valence-electron chi connectivity index (χ4n) is 3.66. The van der Waals surface area contributed by atoms with E-state index in [1.54, 1.807) is 32.2 Å². The molecule has 3 rings (SSSR count). The quantitative estimate of drug-likeness (QED) is 0.434. The number of phenolic OH excluding ortho intramolecular Hbond substituents is 1. The van der Waals surface area contributed by atoms with Gasteiger partial charge in [0, 0.05) is 20.3 Å². The van der Waals surface area contributed by atoms with Crippen LogP contribution in [0.3, 0.4) is 0 Å². The maximum absolute atomic E-state index is 13.1. The van der Waals surface area contributed by atoms with Gasteiger partial charge in [0.2, 0.25) is 0 Å². The summed E-state index contributed by atoms with van der Waals surface area (Å²) in [6.45, 7) is 2.84. The lowest BCUT2D eigenvalue weighted by Gasteiger charge is -2.27. The molecule has 1 heterocycles. The van der Waals surface area contributed by atoms with Crippen molar-refractivity contribution in [1.82, 2.24) is 4.90 Å². The molecule has 168 valence electrons. The van der Waals surface area contributed by atoms with Gasteiger partial charge in [0.15, 0.2) is 23.0 Å². The Kier molecular flexibility index (Phi) is 7.68. The molecule has 32 heavy (non-hydrogen) atoms. The van der Waals surface area contributed by atoms with Gasteiger partial charge < -0.3 is 24.6 Å². The third-order valence-corrected chi connectivity index (χ3v) is 5.14. The van der Waals surface area contributed by atoms with Crippen LogP contribution < -0.4 is 4.74 Å². The second-order valence-corrected chi connectivity index (χ2v) is 7.28. The van der Waals surface area contributed by atoms with E-state index in [0.717, 1.165) is 5.56 Å². The molecule has 0 spiro atoms. The number of phenols is 1. The Morgan fingerprint density at radius 2 is 1.91 bits per heavy atom. The van der Waals surface area contributed by atoms with Crippen LogP contribution in [-0.4, -0.2) is 53.7 Å². The lowest BCUT2D eigenvalue weighted by molar-refractivity contribution is -0.129. The highest BCUT2D eigenvalue weighted by molar-refractivity contribution is 6.14. The topological polar surface area (TPSA) is 96.3 Å². The normalized spacial score (nSPS) is 16.2. The average molecular weight is 437 g/mol. The van der Waals surface area contributed by atoms with Crippen LogP contribution in [0, 0.1) is 0 Å². The van der Waals surface area contributed by atoms with Gasteiger partial charge in [0.1, 0.15) is 0 Å². The second kappa shape index (κ2) is 10.6. The number of ether oxygens (including phenoxy) is 2. The highest BCUT2D eigenvalue weighted by Crippen LogP contribution is 2.40. The number of hydrogen-bond donors (Lipinski definition) is 2. The molecule has 0 fully saturated rings. The van der Waals surface area contributed by atoms with Gasteiger partial charge in [-0.2, -0.15) is 0 Å². The summed E-state index contributed by atoms with van der Waals surface area (Å²) in [6, 6.07) is 13.1. The Morgan fingerprint density at radius 3 is 2.59 bits per heavy atom. The molecule has 1 aliphatic rings. The number of hydrogen-bond acceptors (Lipinski definition) is 6. The zero-order chi connectivity index (χ0) is 23.1. The summed E-state index contributed by atoms with van der Waals surface area (Å²) in [7, 11) is 1.57. The third-order valence-electron chi connectivity index (χ3n) is 5.14. The first-order valence-electron chi connectivity index (χ1n) is 10.4. The Bertz CT molecular complexity index is 1030. The predicted molar refractivity (Wildman–Crippen MR) is 120 cm³/mol. The molecule has 1 amide bonds. The monoisotopic (exact) mass is 437 g/mol. The lowest BCUT2D eigenvalue weighted by atomic mass is 9.95. The molecule has 7 nitrogen and oxygen atoms in total. The maximum atomic E-state index is 13.1. The molecule has 1 unspecified atom stereocenters. The summed E-state index contributed by atoms with van der Waals surface area (Å²) in [5.41, 5.74) is 1.37. The zero-order valence-corrected chi connectivity index (χ0v) is 18.2. The van der Waals surface area contributed by atoms with Crippen LogP contribution in [-0.2, 0) is 14.3 Å². The van der Waals surface area contributed by atoms with Crippen molar-refractivity contribution < 1.29 is 29.3 Å². The Hall–Kier alpha value is -3.58. The van der Waals surface area contributed by atoms with Crippen molar-refractivity contribution in [3.8, 4) is 11.5 Å². The third kappa shape index (κ3) is 5.00. The summed E-state index contributed by atoms with van der Waals surface area (Å²) in [5, 5.41) is 20.7. The van der Waals surface area contributed by atoms with Crippen molar-refractivity contribution >= 4 is 17.8 Å². The van der Waals surface area contributed by atoms with Crippen molar-refractivity contribution in [3.63, 3.8) is 0 Å². The molecular formula is C25H27NO6. The molecule has 2 aromatic rings. The Labute approximate surface area is 187 Å². The van der Waals surface area contributed by atoms with Crippen LogP contribution in [0.1, 0.15) is 30.5 Å². The number of amides is 1. The average Bonchev–Trinajstić information content (AvgIpc) is 3.05. The number of methoxy groups -OCH3 is 1. The van der Waals surface area contributed by atoms with E-state index in [9.17, 15) is 19.8 Å². The summed E-state index contributed by atoms with van der Waals surface area (Å²) in [6.07, 6.45) is 3.52. The number of allylic oxidation sites excluding steroid dienone is 1. The smallest absolute Gasteiger partial charge is 0.290 e. The van der Waals surface area contributed by atoms with Crippen molar-refractivity contribution in [1.29, 1.82) is 0 Å². The number of benzene rings is 2. The first kappa shape index (κ1) is 23.1. The van der Waals surface area contributed by atoms with Gasteiger partial charge in [-0.25, -0.2) is 0 Å². The number of aliphatic hydroxyl groups excluding tert-OH is 1. The maximum Gasteiger partial charge on any atom is 0.290 e. The number of aliphatic hydroxyl groups is 1. The first-order valence-corrected chi connectivity index (χ1v) is 10.4. The molecule has 0 aliphatic carbocycles. The summed E-state index contributed by atoms with van der Waals surface area (Å²) >= 11 is 0. The van der Waals surface area contributed by atoms with E-state index in [2.05, 4.69) is 0 Å². The lowest BCUT2D eigenvalue weighted by Crippen LogP contribution is -2.32. The highest BCUT2D eigenvalue weighted by Gasteiger charge is 2.42. The summed E-state index contributed by atoms with van der Waals surface area (Å²) in [5.74, 6) is -1.46. The number of carbonyl (C=O) groups is 2. The van der Waals surface area contributed by atoms with Crippen LogP contribution in [0.15, 0.2) is 65.9 Å². The predicted octanol–water partition coefficient (Wildman–Crippen LogP) is 3.81. The van der Waals surface area contributed by atoms with Crippen molar-refractivity contribution in [2.45, 2.75) is 19.4 Å². The van der Waals surface area contributed by atoms with E-state index in [1.165, 1.54) is 17.0 Å². The van der Waals surface area contributed by atoms with Crippen LogP contribution in [0.25, 0.3) is 6.08 Å². The van der Waals surface area contributed by atoms with Gasteiger partial charge in [0.25, 0.3) is 5.91 Å². The minimum absolute atomic E-state index is 0.00673. The SMILES string of the molecule is CCOc1cc(C2C(C(=O)C=Cc3ccccc3)=C(O)C(=O)N2CCCOC)ccc1O. The molecule has 2 N–H and O–H groups in total. The van der Waals surface area contributed by atoms with Gasteiger partial charge in [-0.3, -0.25) is 9.59 Å². The van der Waals surface area contributed by atoms with E-state index in [-0.39, 0.29) is 23.6 Å². The molecule has 7 heteroatoms. The molecule has 0 saturated heterocycles. The van der Waals surface area contributed by atoms with Crippen LogP contribution in [0.2, 0.25) is 0 Å². The fourth-order valence-corrected chi connectivity index (χ4v) is 3.66. The summed E-state index contributed by atoms with van der Waals surface area (Å²) in [4.78, 5) is 27.4. The number of carbonyl (C=O) groups excluding carboxylic acids is 2. The number of ketones is 1. The molecule has 2 aromatic carbocycles. The summed E-state index contributed by atoms with van der Waals surface area (Å²) < 4.78 is 10.6. The molecule has 0 saturated carbocycles. The Balaban J connectivity index is 2.00. The van der Waals surface area contributed by atoms with Crippen molar-refractivity contribution in [3.05, 3.63) is 77.1 Å². The van der Waals surface area contributed by atoms with Gasteiger partial charge >= 0.3 is 0 Å². The minimum Gasteiger partial charge on any atom is -0.504 e. The molecule has 0 bridgehead atoms. The first-order chi connectivity index (χ1) is 15.5. The van der Waals surface area contributed by atoms with Gasteiger partial charge in [-0.15, -0.1) is 0 Å². The second-order valence-electron chi connectivity index (χ2n) is 7.28. The van der Waals surface area contributed by atoms with Crippen LogP contribution in [0.5, 0.6) is 11.5 Å². The zero-order valence-electron chi connectivity index (χ0n) is 18.2. The van der Waals surface area contributed by atoms with E-state index in [4.69, 9.17) is 9.47 Å². The van der Waals surface area contributed by atoms with E-state index in [0.29, 0.717) is 25.2 Å². The van der Waals surface area contributed by atoms with Gasteiger partial charge in [0.05, 0.1) is 18.2 Å². The number of aromatic hydroxyl groups is 1.